The molecule has 16 heavy (non-hydrogen) atoms. The van der Waals surface area contributed by atoms with Crippen molar-refractivity contribution in [1.82, 2.24) is 9.80 Å². The molecular weight excluding hydrogens is 264 g/mol. The van der Waals surface area contributed by atoms with Crippen LogP contribution in [0.25, 0.3) is 0 Å². The predicted molar refractivity (Wildman–Crippen MR) is 69.7 cm³/mol. The second-order valence-electron chi connectivity index (χ2n) is 4.91. The maximum absolute atomic E-state index is 3.59. The summed E-state index contributed by atoms with van der Waals surface area (Å²) >= 11 is 3.59. The summed E-state index contributed by atoms with van der Waals surface area (Å²) in [4.78, 5) is 5.08. The van der Waals surface area contributed by atoms with E-state index in [-0.39, 0.29) is 0 Å². The third-order valence-corrected chi connectivity index (χ3v) is 4.32. The van der Waals surface area contributed by atoms with E-state index < -0.39 is 0 Å². The molecule has 0 amide bonds. The minimum Gasteiger partial charge on any atom is -0.303 e. The molecule has 0 radical (unpaired) electrons. The molecule has 0 aliphatic carbocycles. The predicted octanol–water partition coefficient (Wildman–Crippen LogP) is 2.29. The topological polar surface area (TPSA) is 6.48 Å². The largest absolute Gasteiger partial charge is 0.303 e. The van der Waals surface area contributed by atoms with E-state index in [0.717, 1.165) is 0 Å². The molecule has 0 spiro atoms. The van der Waals surface area contributed by atoms with Crippen LogP contribution in [0.1, 0.15) is 17.2 Å². The number of rotatable bonds is 0. The number of hydrogen-bond acceptors (Lipinski definition) is 2. The van der Waals surface area contributed by atoms with Gasteiger partial charge in [-0.15, -0.1) is 0 Å². The number of halogens is 1. The Kier molecular flexibility index (Phi) is 2.78. The summed E-state index contributed by atoms with van der Waals surface area (Å²) in [5.41, 5.74) is 3.08. The van der Waals surface area contributed by atoms with Gasteiger partial charge in [0.25, 0.3) is 0 Å². The fraction of sp³-hybridized carbons (Fsp3) is 0.538. The molecule has 1 aromatic rings. The molecule has 0 saturated carbocycles. The highest BCUT2D eigenvalue weighted by Crippen LogP contribution is 2.33. The van der Waals surface area contributed by atoms with E-state index >= 15 is 0 Å². The van der Waals surface area contributed by atoms with Crippen molar-refractivity contribution in [3.8, 4) is 0 Å². The van der Waals surface area contributed by atoms with Gasteiger partial charge in [-0.05, 0) is 36.7 Å². The molecular formula is C13H17BrN2. The Morgan fingerprint density at radius 1 is 1.25 bits per heavy atom. The lowest BCUT2D eigenvalue weighted by Crippen LogP contribution is -2.49. The van der Waals surface area contributed by atoms with Crippen LogP contribution in [-0.4, -0.2) is 43.0 Å². The lowest BCUT2D eigenvalue weighted by Gasteiger charge is -2.43. The number of nitrogens with zero attached hydrogens (tertiary/aromatic N) is 2. The highest BCUT2D eigenvalue weighted by molar-refractivity contribution is 9.10. The van der Waals surface area contributed by atoms with Gasteiger partial charge in [-0.2, -0.15) is 0 Å². The minimum absolute atomic E-state index is 0.611. The van der Waals surface area contributed by atoms with E-state index in [9.17, 15) is 0 Å². The van der Waals surface area contributed by atoms with Crippen LogP contribution < -0.4 is 0 Å². The van der Waals surface area contributed by atoms with Crippen molar-refractivity contribution < 1.29 is 0 Å². The summed E-state index contributed by atoms with van der Waals surface area (Å²) in [7, 11) is 2.23. The summed E-state index contributed by atoms with van der Waals surface area (Å²) < 4.78 is 1.21. The van der Waals surface area contributed by atoms with Crippen LogP contribution in [0.3, 0.4) is 0 Å². The monoisotopic (exact) mass is 280 g/mol. The van der Waals surface area contributed by atoms with E-state index in [4.69, 9.17) is 0 Å². The molecule has 2 nitrogen and oxygen atoms in total. The fourth-order valence-electron chi connectivity index (χ4n) is 2.89. The van der Waals surface area contributed by atoms with Crippen molar-refractivity contribution in [3.63, 3.8) is 0 Å². The Balaban J connectivity index is 1.99. The smallest absolute Gasteiger partial charge is 0.0478 e. The van der Waals surface area contributed by atoms with Gasteiger partial charge >= 0.3 is 0 Å². The molecule has 0 unspecified atom stereocenters. The summed E-state index contributed by atoms with van der Waals surface area (Å²) in [6, 6.07) is 7.37. The van der Waals surface area contributed by atoms with E-state index in [0.29, 0.717) is 6.04 Å². The van der Waals surface area contributed by atoms with Crippen LogP contribution in [0.2, 0.25) is 0 Å². The van der Waals surface area contributed by atoms with Crippen LogP contribution in [0.15, 0.2) is 22.7 Å². The summed E-state index contributed by atoms with van der Waals surface area (Å²) in [6.45, 7) is 4.82. The molecule has 86 valence electrons. The molecule has 0 bridgehead atoms. The number of benzene rings is 1. The summed E-state index contributed by atoms with van der Waals surface area (Å²) in [5.74, 6) is 0. The van der Waals surface area contributed by atoms with Gasteiger partial charge in [0.2, 0.25) is 0 Å². The van der Waals surface area contributed by atoms with Gasteiger partial charge in [0, 0.05) is 36.7 Å². The number of hydrogen-bond donors (Lipinski definition) is 0. The fourth-order valence-corrected chi connectivity index (χ4v) is 3.27. The van der Waals surface area contributed by atoms with E-state index in [1.807, 2.05) is 0 Å². The lowest BCUT2D eigenvalue weighted by atomic mass is 9.91. The first-order valence-corrected chi connectivity index (χ1v) is 6.74. The molecule has 1 atom stereocenters. The maximum atomic E-state index is 3.59. The van der Waals surface area contributed by atoms with Crippen LogP contribution in [0, 0.1) is 0 Å². The quantitative estimate of drug-likeness (QED) is 0.720. The molecule has 1 fully saturated rings. The van der Waals surface area contributed by atoms with Gasteiger partial charge in [0.15, 0.2) is 0 Å². The SMILES string of the molecule is CN1CCN2CCc3ccc(Br)cc3[C@H]2C1. The van der Waals surface area contributed by atoms with Gasteiger partial charge < -0.3 is 4.90 Å². The zero-order valence-electron chi connectivity index (χ0n) is 9.62. The van der Waals surface area contributed by atoms with E-state index in [1.54, 1.807) is 5.56 Å². The minimum atomic E-state index is 0.611. The second kappa shape index (κ2) is 4.13. The van der Waals surface area contributed by atoms with Crippen LogP contribution >= 0.6 is 15.9 Å². The standard InChI is InChI=1S/C13H17BrN2/c1-15-6-7-16-5-4-10-2-3-11(14)8-12(10)13(16)9-15/h2-3,8,13H,4-7,9H2,1H3/t13-/m1/s1. The van der Waals surface area contributed by atoms with Crippen molar-refractivity contribution >= 4 is 15.9 Å². The Morgan fingerprint density at radius 3 is 3.00 bits per heavy atom. The third kappa shape index (κ3) is 1.81. The van der Waals surface area contributed by atoms with Crippen molar-refractivity contribution in [2.45, 2.75) is 12.5 Å². The van der Waals surface area contributed by atoms with Crippen LogP contribution in [0.5, 0.6) is 0 Å². The summed E-state index contributed by atoms with van der Waals surface area (Å²) in [5, 5.41) is 0. The Morgan fingerprint density at radius 2 is 2.12 bits per heavy atom. The molecule has 2 heterocycles. The first-order chi connectivity index (χ1) is 7.74. The number of likely N-dealkylation sites (N-methyl/N-ethyl adjacent to an activating group) is 1. The van der Waals surface area contributed by atoms with Gasteiger partial charge in [-0.1, -0.05) is 22.0 Å². The molecule has 2 aliphatic heterocycles. The average molecular weight is 281 g/mol. The number of fused-ring (bicyclic) bond motifs is 3. The van der Waals surface area contributed by atoms with Gasteiger partial charge in [-0.3, -0.25) is 4.90 Å². The maximum Gasteiger partial charge on any atom is 0.0478 e. The van der Waals surface area contributed by atoms with Crippen molar-refractivity contribution in [3.05, 3.63) is 33.8 Å². The normalized spacial score (nSPS) is 26.2. The lowest BCUT2D eigenvalue weighted by molar-refractivity contribution is 0.0825. The van der Waals surface area contributed by atoms with Gasteiger partial charge in [0.1, 0.15) is 0 Å². The van der Waals surface area contributed by atoms with E-state index in [2.05, 4.69) is 51.0 Å². The zero-order chi connectivity index (χ0) is 11.1. The third-order valence-electron chi connectivity index (χ3n) is 3.83. The Hall–Kier alpha value is -0.380. The molecule has 3 rings (SSSR count). The van der Waals surface area contributed by atoms with Crippen molar-refractivity contribution in [2.24, 2.45) is 0 Å². The number of piperazine rings is 1. The second-order valence-corrected chi connectivity index (χ2v) is 5.82. The average Bonchev–Trinajstić information content (AvgIpc) is 2.29. The highest BCUT2D eigenvalue weighted by Gasteiger charge is 2.31. The van der Waals surface area contributed by atoms with Gasteiger partial charge in [0.05, 0.1) is 0 Å². The van der Waals surface area contributed by atoms with Crippen LogP contribution in [-0.2, 0) is 6.42 Å². The molecule has 0 aromatic heterocycles. The first kappa shape index (κ1) is 10.8. The molecule has 0 N–H and O–H groups in total. The molecule has 1 aromatic carbocycles. The Labute approximate surface area is 105 Å². The molecule has 1 saturated heterocycles. The molecule has 2 aliphatic rings. The zero-order valence-corrected chi connectivity index (χ0v) is 11.2. The van der Waals surface area contributed by atoms with Crippen LogP contribution in [0.4, 0.5) is 0 Å². The first-order valence-electron chi connectivity index (χ1n) is 5.95. The van der Waals surface area contributed by atoms with Gasteiger partial charge in [-0.25, -0.2) is 0 Å². The Bertz CT molecular complexity index is 405. The van der Waals surface area contributed by atoms with E-state index in [1.165, 1.54) is 42.6 Å². The highest BCUT2D eigenvalue weighted by atomic mass is 79.9. The van der Waals surface area contributed by atoms with Crippen molar-refractivity contribution in [2.75, 3.05) is 33.2 Å². The van der Waals surface area contributed by atoms with Crippen molar-refractivity contribution in [1.29, 1.82) is 0 Å². The summed E-state index contributed by atoms with van der Waals surface area (Å²) in [6.07, 6.45) is 1.21. The molecule has 3 heteroatoms.